The lowest BCUT2D eigenvalue weighted by atomic mass is 10.2. The zero-order chi connectivity index (χ0) is 19.8. The van der Waals surface area contributed by atoms with Gasteiger partial charge in [-0.3, -0.25) is 4.79 Å². The number of aromatic nitrogens is 4. The van der Waals surface area contributed by atoms with Gasteiger partial charge in [0.15, 0.2) is 22.7 Å². The van der Waals surface area contributed by atoms with E-state index in [1.807, 2.05) is 0 Å². The second-order valence-corrected chi connectivity index (χ2v) is 6.44. The van der Waals surface area contributed by atoms with Crippen molar-refractivity contribution in [2.24, 2.45) is 7.05 Å². The average molecular weight is 403 g/mol. The van der Waals surface area contributed by atoms with Gasteiger partial charge in [0.1, 0.15) is 6.67 Å². The third kappa shape index (κ3) is 3.01. The molecule has 4 aromatic rings. The highest BCUT2D eigenvalue weighted by Crippen LogP contribution is 2.28. The Labute approximate surface area is 162 Å². The summed E-state index contributed by atoms with van der Waals surface area (Å²) in [6.45, 7) is -0.985. The van der Waals surface area contributed by atoms with Crippen molar-refractivity contribution in [1.29, 1.82) is 0 Å². The zero-order valence-electron chi connectivity index (χ0n) is 14.6. The highest BCUT2D eigenvalue weighted by Gasteiger charge is 2.19. The van der Waals surface area contributed by atoms with Crippen molar-refractivity contribution in [2.75, 3.05) is 0 Å². The van der Waals surface area contributed by atoms with Crippen LogP contribution in [0, 0.1) is 5.82 Å². The Hall–Kier alpha value is -3.26. The van der Waals surface area contributed by atoms with Crippen LogP contribution in [0.5, 0.6) is 11.8 Å². The molecular formula is C19H13ClF2N4O2. The zero-order valence-corrected chi connectivity index (χ0v) is 15.3. The number of halogens is 3. The first kappa shape index (κ1) is 18.1. The van der Waals surface area contributed by atoms with Crippen LogP contribution in [0.25, 0.3) is 16.9 Å². The van der Waals surface area contributed by atoms with Gasteiger partial charge in [-0.1, -0.05) is 23.7 Å². The van der Waals surface area contributed by atoms with E-state index in [1.165, 1.54) is 24.5 Å². The van der Waals surface area contributed by atoms with Crippen molar-refractivity contribution < 1.29 is 13.5 Å². The van der Waals surface area contributed by atoms with E-state index in [-0.39, 0.29) is 28.5 Å². The van der Waals surface area contributed by atoms with E-state index in [1.54, 1.807) is 35.9 Å². The number of rotatable bonds is 4. The van der Waals surface area contributed by atoms with Crippen molar-refractivity contribution in [3.8, 4) is 17.4 Å². The van der Waals surface area contributed by atoms with Crippen LogP contribution >= 0.6 is 11.6 Å². The largest absolute Gasteiger partial charge is 0.422 e. The molecule has 0 unspecified atom stereocenters. The van der Waals surface area contributed by atoms with Crippen molar-refractivity contribution in [1.82, 2.24) is 19.1 Å². The van der Waals surface area contributed by atoms with Crippen LogP contribution in [0.2, 0.25) is 5.02 Å². The molecule has 4 rings (SSSR count). The van der Waals surface area contributed by atoms with Gasteiger partial charge < -0.3 is 9.30 Å². The Balaban J connectivity index is 1.96. The predicted molar refractivity (Wildman–Crippen MR) is 100 cm³/mol. The molecule has 0 aliphatic carbocycles. The van der Waals surface area contributed by atoms with Gasteiger partial charge in [-0.05, 0) is 30.3 Å². The molecule has 0 aliphatic rings. The number of fused-ring (bicyclic) bond motifs is 1. The summed E-state index contributed by atoms with van der Waals surface area (Å²) in [5.41, 5.74) is 0.158. The Bertz CT molecular complexity index is 1240. The number of alkyl halides is 1. The first-order valence-electron chi connectivity index (χ1n) is 8.21. The minimum atomic E-state index is -0.985. The molecule has 2 aromatic heterocycles. The molecule has 28 heavy (non-hydrogen) atoms. The quantitative estimate of drug-likeness (QED) is 0.514. The Morgan fingerprint density at radius 1 is 1.18 bits per heavy atom. The Morgan fingerprint density at radius 2 is 1.93 bits per heavy atom. The van der Waals surface area contributed by atoms with Crippen LogP contribution in [-0.2, 0) is 13.7 Å². The number of nitrogens with zero attached hydrogens (tertiary/aromatic N) is 4. The highest BCUT2D eigenvalue weighted by atomic mass is 35.5. The van der Waals surface area contributed by atoms with Crippen LogP contribution in [0.4, 0.5) is 8.78 Å². The summed E-state index contributed by atoms with van der Waals surface area (Å²) >= 11 is 5.93. The number of imidazole rings is 1. The summed E-state index contributed by atoms with van der Waals surface area (Å²) in [5.74, 6) is -1.10. The third-order valence-corrected chi connectivity index (χ3v) is 4.43. The predicted octanol–water partition coefficient (Wildman–Crippen LogP) is 4.17. The minimum Gasteiger partial charge on any atom is -0.422 e. The molecule has 0 bridgehead atoms. The second-order valence-electron chi connectivity index (χ2n) is 6.00. The van der Waals surface area contributed by atoms with Gasteiger partial charge >= 0.3 is 6.01 Å². The van der Waals surface area contributed by atoms with Crippen LogP contribution in [-0.4, -0.2) is 19.1 Å². The van der Waals surface area contributed by atoms with E-state index in [0.29, 0.717) is 10.7 Å². The maximum absolute atomic E-state index is 14.5. The third-order valence-electron chi connectivity index (χ3n) is 4.18. The molecule has 0 aliphatic heterocycles. The van der Waals surface area contributed by atoms with Crippen molar-refractivity contribution in [2.45, 2.75) is 6.67 Å². The Morgan fingerprint density at radius 3 is 2.64 bits per heavy atom. The van der Waals surface area contributed by atoms with E-state index in [0.717, 1.165) is 4.57 Å². The van der Waals surface area contributed by atoms with Crippen molar-refractivity contribution in [3.63, 3.8) is 0 Å². The standard InChI is InChI=1S/C19H13ClF2N4O2/c1-25-10-23-16-17(25)24-19(28-14-4-2-3-11(9-21)15(14)22)26(18(16)27)13-7-5-12(20)6-8-13/h2-8,10H,9H2,1H3. The van der Waals surface area contributed by atoms with E-state index >= 15 is 0 Å². The van der Waals surface area contributed by atoms with E-state index < -0.39 is 18.1 Å². The van der Waals surface area contributed by atoms with Gasteiger partial charge in [-0.2, -0.15) is 4.98 Å². The summed E-state index contributed by atoms with van der Waals surface area (Å²) in [7, 11) is 1.67. The fraction of sp³-hybridized carbons (Fsp3) is 0.105. The summed E-state index contributed by atoms with van der Waals surface area (Å²) in [4.78, 5) is 21.4. The van der Waals surface area contributed by atoms with Gasteiger partial charge in [0.2, 0.25) is 0 Å². The molecule has 142 valence electrons. The summed E-state index contributed by atoms with van der Waals surface area (Å²) in [6.07, 6.45) is 1.44. The Kier molecular flexibility index (Phi) is 4.56. The molecule has 0 N–H and O–H groups in total. The maximum atomic E-state index is 14.5. The normalized spacial score (nSPS) is 11.1. The first-order chi connectivity index (χ1) is 13.5. The average Bonchev–Trinajstić information content (AvgIpc) is 3.06. The van der Waals surface area contributed by atoms with Gasteiger partial charge in [-0.15, -0.1) is 0 Å². The fourth-order valence-corrected chi connectivity index (χ4v) is 2.89. The molecular weight excluding hydrogens is 390 g/mol. The highest BCUT2D eigenvalue weighted by molar-refractivity contribution is 6.30. The topological polar surface area (TPSA) is 61.9 Å². The second kappa shape index (κ2) is 7.05. The molecule has 0 amide bonds. The molecule has 2 heterocycles. The molecule has 6 nitrogen and oxygen atoms in total. The van der Waals surface area contributed by atoms with Gasteiger partial charge in [0.05, 0.1) is 12.0 Å². The van der Waals surface area contributed by atoms with Gasteiger partial charge in [0.25, 0.3) is 5.56 Å². The molecule has 9 heteroatoms. The van der Waals surface area contributed by atoms with Crippen LogP contribution in [0.1, 0.15) is 5.56 Å². The minimum absolute atomic E-state index is 0.128. The van der Waals surface area contributed by atoms with Gasteiger partial charge in [0, 0.05) is 17.6 Å². The lowest BCUT2D eigenvalue weighted by Gasteiger charge is -2.14. The van der Waals surface area contributed by atoms with Crippen LogP contribution in [0.15, 0.2) is 53.6 Å². The smallest absolute Gasteiger partial charge is 0.311 e. The SMILES string of the molecule is Cn1cnc2c(=O)n(-c3ccc(Cl)cc3)c(Oc3cccc(CF)c3F)nc21. The maximum Gasteiger partial charge on any atom is 0.311 e. The van der Waals surface area contributed by atoms with E-state index in [4.69, 9.17) is 16.3 Å². The van der Waals surface area contributed by atoms with Crippen LogP contribution < -0.4 is 10.3 Å². The molecule has 0 saturated heterocycles. The summed E-state index contributed by atoms with van der Waals surface area (Å²) < 4.78 is 35.8. The monoisotopic (exact) mass is 402 g/mol. The summed E-state index contributed by atoms with van der Waals surface area (Å²) in [6, 6.07) is 10.3. The van der Waals surface area contributed by atoms with Crippen LogP contribution in [0.3, 0.4) is 0 Å². The molecule has 0 saturated carbocycles. The number of hydrogen-bond donors (Lipinski definition) is 0. The number of benzene rings is 2. The summed E-state index contributed by atoms with van der Waals surface area (Å²) in [5, 5.41) is 0.479. The number of aryl methyl sites for hydroxylation is 1. The van der Waals surface area contributed by atoms with E-state index in [9.17, 15) is 13.6 Å². The molecule has 0 fully saturated rings. The molecule has 0 spiro atoms. The fourth-order valence-electron chi connectivity index (χ4n) is 2.76. The molecule has 2 aromatic carbocycles. The molecule has 0 radical (unpaired) electrons. The lowest BCUT2D eigenvalue weighted by Crippen LogP contribution is -2.22. The van der Waals surface area contributed by atoms with Gasteiger partial charge in [-0.25, -0.2) is 18.3 Å². The van der Waals surface area contributed by atoms with Crippen molar-refractivity contribution >= 4 is 22.8 Å². The first-order valence-corrected chi connectivity index (χ1v) is 8.58. The number of ether oxygens (including phenoxy) is 1. The van der Waals surface area contributed by atoms with E-state index in [2.05, 4.69) is 9.97 Å². The lowest BCUT2D eigenvalue weighted by molar-refractivity contribution is 0.388. The van der Waals surface area contributed by atoms with Crippen molar-refractivity contribution in [3.05, 3.63) is 75.5 Å². The molecule has 0 atom stereocenters. The number of hydrogen-bond acceptors (Lipinski definition) is 4.